The summed E-state index contributed by atoms with van der Waals surface area (Å²) < 4.78 is 0. The highest BCUT2D eigenvalue weighted by Gasteiger charge is 2.37. The molecule has 0 aliphatic heterocycles. The molecule has 0 radical (unpaired) electrons. The van der Waals surface area contributed by atoms with Gasteiger partial charge in [0.05, 0.1) is 0 Å². The summed E-state index contributed by atoms with van der Waals surface area (Å²) in [6.07, 6.45) is 1.20. The summed E-state index contributed by atoms with van der Waals surface area (Å²) in [4.78, 5) is 2.98. The van der Waals surface area contributed by atoms with Gasteiger partial charge in [-0.1, -0.05) is 13.8 Å². The highest BCUT2D eigenvalue weighted by atomic mass is 32.1. The fraction of sp³-hybridized carbons (Fsp3) is 0.600. The predicted octanol–water partition coefficient (Wildman–Crippen LogP) is 3.61. The van der Waals surface area contributed by atoms with Gasteiger partial charge >= 0.3 is 0 Å². The molecule has 0 spiro atoms. The van der Waals surface area contributed by atoms with Crippen LogP contribution in [0.1, 0.15) is 34.4 Å². The number of hydrogen-bond acceptors (Lipinski definition) is 2. The average molecular weight is 198 g/mol. The van der Waals surface area contributed by atoms with Crippen molar-refractivity contribution in [1.82, 2.24) is 0 Å². The van der Waals surface area contributed by atoms with Crippen LogP contribution < -0.4 is 0 Å². The van der Waals surface area contributed by atoms with Crippen LogP contribution in [0.15, 0.2) is 6.07 Å². The van der Waals surface area contributed by atoms with Gasteiger partial charge in [-0.05, 0) is 30.4 Å². The van der Waals surface area contributed by atoms with Crippen LogP contribution in [0.2, 0.25) is 0 Å². The van der Waals surface area contributed by atoms with E-state index in [1.54, 1.807) is 4.88 Å². The Bertz CT molecular complexity index is 310. The van der Waals surface area contributed by atoms with E-state index in [0.29, 0.717) is 10.7 Å². The third kappa shape index (κ3) is 1.12. The normalized spacial score (nSPS) is 25.8. The van der Waals surface area contributed by atoms with Gasteiger partial charge in [-0.15, -0.1) is 11.3 Å². The van der Waals surface area contributed by atoms with Crippen molar-refractivity contribution in [2.24, 2.45) is 5.41 Å². The molecule has 0 saturated carbocycles. The molecule has 1 aliphatic carbocycles. The number of aryl methyl sites for hydroxylation is 1. The van der Waals surface area contributed by atoms with Crippen LogP contribution in [-0.4, -0.2) is 0 Å². The monoisotopic (exact) mass is 198 g/mol. The quantitative estimate of drug-likeness (QED) is 0.605. The van der Waals surface area contributed by atoms with E-state index in [2.05, 4.69) is 39.5 Å². The van der Waals surface area contributed by atoms with Crippen molar-refractivity contribution in [2.45, 2.75) is 32.4 Å². The summed E-state index contributed by atoms with van der Waals surface area (Å²) in [7, 11) is 0. The SMILES string of the molecule is Cc1cc2c(s1)CC(C)(C)C2S. The van der Waals surface area contributed by atoms with Gasteiger partial charge in [0.15, 0.2) is 0 Å². The Kier molecular flexibility index (Phi) is 1.81. The van der Waals surface area contributed by atoms with Crippen LogP contribution in [0, 0.1) is 12.3 Å². The molecule has 1 heterocycles. The van der Waals surface area contributed by atoms with Crippen molar-refractivity contribution in [1.29, 1.82) is 0 Å². The molecule has 0 N–H and O–H groups in total. The number of hydrogen-bond donors (Lipinski definition) is 1. The van der Waals surface area contributed by atoms with Gasteiger partial charge in [-0.3, -0.25) is 0 Å². The zero-order valence-corrected chi connectivity index (χ0v) is 9.43. The molecule has 2 heteroatoms. The second-order valence-corrected chi connectivity index (χ2v) is 6.16. The molecule has 1 atom stereocenters. The van der Waals surface area contributed by atoms with E-state index in [1.165, 1.54) is 16.9 Å². The van der Waals surface area contributed by atoms with E-state index in [1.807, 2.05) is 11.3 Å². The molecule has 0 bridgehead atoms. The first-order valence-electron chi connectivity index (χ1n) is 4.28. The lowest BCUT2D eigenvalue weighted by Crippen LogP contribution is -2.13. The highest BCUT2D eigenvalue weighted by molar-refractivity contribution is 7.80. The Balaban J connectivity index is 2.46. The summed E-state index contributed by atoms with van der Waals surface area (Å²) in [5, 5.41) is 0.442. The summed E-state index contributed by atoms with van der Waals surface area (Å²) >= 11 is 6.61. The van der Waals surface area contributed by atoms with Crippen LogP contribution in [0.4, 0.5) is 0 Å². The molecule has 12 heavy (non-hydrogen) atoms. The average Bonchev–Trinajstić information content (AvgIpc) is 2.35. The van der Waals surface area contributed by atoms with E-state index in [9.17, 15) is 0 Å². The largest absolute Gasteiger partial charge is 0.170 e. The van der Waals surface area contributed by atoms with Crippen molar-refractivity contribution >= 4 is 24.0 Å². The minimum atomic E-state index is 0.359. The van der Waals surface area contributed by atoms with E-state index in [-0.39, 0.29) is 0 Å². The van der Waals surface area contributed by atoms with Gasteiger partial charge in [0.1, 0.15) is 0 Å². The summed E-state index contributed by atoms with van der Waals surface area (Å²) in [5.41, 5.74) is 1.84. The molecular weight excluding hydrogens is 184 g/mol. The molecule has 0 amide bonds. The first-order chi connectivity index (χ1) is 5.50. The Morgan fingerprint density at radius 1 is 1.58 bits per heavy atom. The maximum Gasteiger partial charge on any atom is 0.0332 e. The second kappa shape index (κ2) is 2.52. The van der Waals surface area contributed by atoms with E-state index in [0.717, 1.165) is 0 Å². The fourth-order valence-electron chi connectivity index (χ4n) is 1.88. The molecule has 0 aromatic carbocycles. The van der Waals surface area contributed by atoms with Gasteiger partial charge in [-0.25, -0.2) is 0 Å². The van der Waals surface area contributed by atoms with Gasteiger partial charge in [0.25, 0.3) is 0 Å². The summed E-state index contributed by atoms with van der Waals surface area (Å²) in [5.74, 6) is 0. The molecule has 1 unspecified atom stereocenters. The maximum atomic E-state index is 4.67. The van der Waals surface area contributed by atoms with Crippen LogP contribution in [-0.2, 0) is 6.42 Å². The predicted molar refractivity (Wildman–Crippen MR) is 58.3 cm³/mol. The number of fused-ring (bicyclic) bond motifs is 1. The number of rotatable bonds is 0. The standard InChI is InChI=1S/C10H14S2/c1-6-4-7-8(12-6)5-10(2,3)9(7)11/h4,9,11H,5H2,1-3H3. The van der Waals surface area contributed by atoms with Crippen molar-refractivity contribution in [3.8, 4) is 0 Å². The molecule has 0 fully saturated rings. The minimum absolute atomic E-state index is 0.359. The summed E-state index contributed by atoms with van der Waals surface area (Å²) in [6.45, 7) is 6.77. The lowest BCUT2D eigenvalue weighted by atomic mass is 9.90. The van der Waals surface area contributed by atoms with Crippen LogP contribution in [0.25, 0.3) is 0 Å². The summed E-state index contributed by atoms with van der Waals surface area (Å²) in [6, 6.07) is 2.30. The third-order valence-corrected chi connectivity index (χ3v) is 4.66. The zero-order chi connectivity index (χ0) is 8.93. The lowest BCUT2D eigenvalue weighted by Gasteiger charge is -2.22. The molecule has 1 aliphatic rings. The first-order valence-corrected chi connectivity index (χ1v) is 5.61. The Morgan fingerprint density at radius 2 is 2.25 bits per heavy atom. The second-order valence-electron chi connectivity index (χ2n) is 4.30. The smallest absolute Gasteiger partial charge is 0.0332 e. The maximum absolute atomic E-state index is 4.67. The molecule has 0 saturated heterocycles. The van der Waals surface area contributed by atoms with Gasteiger partial charge in [-0.2, -0.15) is 12.6 Å². The Morgan fingerprint density at radius 3 is 2.83 bits per heavy atom. The minimum Gasteiger partial charge on any atom is -0.170 e. The number of thiol groups is 1. The molecule has 0 nitrogen and oxygen atoms in total. The zero-order valence-electron chi connectivity index (χ0n) is 7.72. The van der Waals surface area contributed by atoms with Gasteiger partial charge < -0.3 is 0 Å². The fourth-order valence-corrected chi connectivity index (χ4v) is 3.61. The molecule has 66 valence electrons. The van der Waals surface area contributed by atoms with E-state index >= 15 is 0 Å². The number of thiophene rings is 1. The van der Waals surface area contributed by atoms with Crippen LogP contribution >= 0.6 is 24.0 Å². The van der Waals surface area contributed by atoms with Crippen molar-refractivity contribution in [3.05, 3.63) is 21.4 Å². The van der Waals surface area contributed by atoms with Gasteiger partial charge in [0, 0.05) is 15.0 Å². The van der Waals surface area contributed by atoms with Gasteiger partial charge in [0.2, 0.25) is 0 Å². The topological polar surface area (TPSA) is 0 Å². The van der Waals surface area contributed by atoms with E-state index in [4.69, 9.17) is 0 Å². The lowest BCUT2D eigenvalue weighted by molar-refractivity contribution is 0.387. The van der Waals surface area contributed by atoms with Crippen LogP contribution in [0.3, 0.4) is 0 Å². The van der Waals surface area contributed by atoms with Crippen molar-refractivity contribution in [3.63, 3.8) is 0 Å². The van der Waals surface area contributed by atoms with E-state index < -0.39 is 0 Å². The molecular formula is C10H14S2. The Hall–Kier alpha value is 0.0500. The third-order valence-electron chi connectivity index (χ3n) is 2.62. The molecule has 1 aromatic rings. The van der Waals surface area contributed by atoms with Crippen molar-refractivity contribution in [2.75, 3.05) is 0 Å². The molecule has 1 aromatic heterocycles. The highest BCUT2D eigenvalue weighted by Crippen LogP contribution is 2.51. The van der Waals surface area contributed by atoms with Crippen LogP contribution in [0.5, 0.6) is 0 Å². The van der Waals surface area contributed by atoms with Crippen molar-refractivity contribution < 1.29 is 0 Å². The molecule has 2 rings (SSSR count). The first kappa shape index (κ1) is 8.64. The Labute approximate surface area is 83.4 Å².